The Morgan fingerprint density at radius 2 is 1.73 bits per heavy atom. The zero-order valence-corrected chi connectivity index (χ0v) is 7.11. The summed E-state index contributed by atoms with van der Waals surface area (Å²) in [4.78, 5) is 1.41. The summed E-state index contributed by atoms with van der Waals surface area (Å²) in [5.74, 6) is -1.11. The van der Waals surface area contributed by atoms with E-state index in [1.54, 1.807) is 0 Å². The summed E-state index contributed by atoms with van der Waals surface area (Å²) in [6.45, 7) is 0. The minimum Gasteiger partial charge on any atom is -0.206 e. The first-order chi connectivity index (χ1) is 5.25. The van der Waals surface area contributed by atoms with Gasteiger partial charge in [-0.2, -0.15) is 0 Å². The molecule has 1 aromatic rings. The third kappa shape index (κ3) is 1.87. The lowest BCUT2D eigenvalue weighted by atomic mass is 10.2. The highest BCUT2D eigenvalue weighted by molar-refractivity contribution is 9.11. The van der Waals surface area contributed by atoms with E-state index in [1.165, 1.54) is 29.3 Å². The molecule has 0 aliphatic rings. The highest BCUT2D eigenvalue weighted by Crippen LogP contribution is 2.13. The molecule has 0 aliphatic heterocycles. The van der Waals surface area contributed by atoms with Crippen LogP contribution in [0, 0.1) is 11.6 Å². The van der Waals surface area contributed by atoms with Crippen LogP contribution in [0.3, 0.4) is 0 Å². The molecule has 0 unspecified atom stereocenters. The average Bonchev–Trinajstić information content (AvgIpc) is 1.97. The maximum Gasteiger partial charge on any atom is 0.133 e. The van der Waals surface area contributed by atoms with Gasteiger partial charge in [0.15, 0.2) is 0 Å². The van der Waals surface area contributed by atoms with Gasteiger partial charge in [-0.15, -0.1) is 0 Å². The SMILES string of the molecule is Fc1cccc(F)c1/C=C\Br. The van der Waals surface area contributed by atoms with Crippen molar-refractivity contribution in [3.63, 3.8) is 0 Å². The van der Waals surface area contributed by atoms with Crippen molar-refractivity contribution in [2.75, 3.05) is 0 Å². The highest BCUT2D eigenvalue weighted by Gasteiger charge is 2.02. The molecule has 0 spiro atoms. The minimum absolute atomic E-state index is 0.0237. The van der Waals surface area contributed by atoms with E-state index in [0.717, 1.165) is 0 Å². The van der Waals surface area contributed by atoms with Gasteiger partial charge in [-0.1, -0.05) is 22.0 Å². The second-order valence-electron chi connectivity index (χ2n) is 1.93. The second-order valence-corrected chi connectivity index (χ2v) is 2.46. The molecule has 0 saturated carbocycles. The number of rotatable bonds is 1. The molecule has 0 saturated heterocycles. The fraction of sp³-hybridized carbons (Fsp3) is 0. The van der Waals surface area contributed by atoms with Gasteiger partial charge in [-0.05, 0) is 23.2 Å². The van der Waals surface area contributed by atoms with Gasteiger partial charge in [0.1, 0.15) is 11.6 Å². The van der Waals surface area contributed by atoms with Gasteiger partial charge in [0.25, 0.3) is 0 Å². The van der Waals surface area contributed by atoms with Gasteiger partial charge in [-0.3, -0.25) is 0 Å². The molecule has 1 rings (SSSR count). The Labute approximate surface area is 71.7 Å². The largest absolute Gasteiger partial charge is 0.206 e. The Kier molecular flexibility index (Phi) is 2.76. The first-order valence-corrected chi connectivity index (χ1v) is 3.88. The van der Waals surface area contributed by atoms with Gasteiger partial charge in [-0.25, -0.2) is 8.78 Å². The van der Waals surface area contributed by atoms with Gasteiger partial charge in [0, 0.05) is 5.56 Å². The topological polar surface area (TPSA) is 0 Å². The normalized spacial score (nSPS) is 10.8. The van der Waals surface area contributed by atoms with Crippen LogP contribution in [0.4, 0.5) is 8.78 Å². The molecule has 0 N–H and O–H groups in total. The Morgan fingerprint density at radius 3 is 2.18 bits per heavy atom. The predicted octanol–water partition coefficient (Wildman–Crippen LogP) is 3.33. The molecule has 0 fully saturated rings. The van der Waals surface area contributed by atoms with E-state index in [0.29, 0.717) is 0 Å². The molecule has 1 aromatic carbocycles. The van der Waals surface area contributed by atoms with Crippen LogP contribution in [0.5, 0.6) is 0 Å². The fourth-order valence-corrected chi connectivity index (χ4v) is 0.997. The van der Waals surface area contributed by atoms with Crippen molar-refractivity contribution in [3.05, 3.63) is 40.4 Å². The first kappa shape index (κ1) is 8.40. The van der Waals surface area contributed by atoms with Crippen LogP contribution < -0.4 is 0 Å². The second kappa shape index (κ2) is 3.62. The standard InChI is InChI=1S/C8H5BrF2/c9-5-4-6-7(10)2-1-3-8(6)11/h1-5H/b5-4-. The van der Waals surface area contributed by atoms with E-state index in [4.69, 9.17) is 0 Å². The minimum atomic E-state index is -0.555. The van der Waals surface area contributed by atoms with Gasteiger partial charge in [0.05, 0.1) is 0 Å². The quantitative estimate of drug-likeness (QED) is 0.679. The lowest BCUT2D eigenvalue weighted by Gasteiger charge is -1.96. The molecule has 0 aromatic heterocycles. The molecule has 0 atom stereocenters. The van der Waals surface area contributed by atoms with Gasteiger partial charge in [0.2, 0.25) is 0 Å². The maximum absolute atomic E-state index is 12.7. The fourth-order valence-electron chi connectivity index (χ4n) is 0.733. The molecule has 0 aliphatic carbocycles. The van der Waals surface area contributed by atoms with Gasteiger partial charge >= 0.3 is 0 Å². The van der Waals surface area contributed by atoms with Crippen molar-refractivity contribution in [1.29, 1.82) is 0 Å². The van der Waals surface area contributed by atoms with Crippen molar-refractivity contribution in [2.45, 2.75) is 0 Å². The highest BCUT2D eigenvalue weighted by atomic mass is 79.9. The molecule has 0 radical (unpaired) electrons. The Bertz CT molecular complexity index is 261. The van der Waals surface area contributed by atoms with Crippen LogP contribution in [0.25, 0.3) is 6.08 Å². The first-order valence-electron chi connectivity index (χ1n) is 2.96. The molecule has 0 nitrogen and oxygen atoms in total. The van der Waals surface area contributed by atoms with Crippen LogP contribution in [0.2, 0.25) is 0 Å². The predicted molar refractivity (Wildman–Crippen MR) is 44.3 cm³/mol. The van der Waals surface area contributed by atoms with Crippen molar-refractivity contribution in [2.24, 2.45) is 0 Å². The van der Waals surface area contributed by atoms with Crippen molar-refractivity contribution >= 4 is 22.0 Å². The monoisotopic (exact) mass is 218 g/mol. The zero-order valence-electron chi connectivity index (χ0n) is 5.52. The Hall–Kier alpha value is -0.700. The smallest absolute Gasteiger partial charge is 0.133 e. The van der Waals surface area contributed by atoms with Crippen molar-refractivity contribution in [1.82, 2.24) is 0 Å². The molecular formula is C8H5BrF2. The molecular weight excluding hydrogens is 214 g/mol. The van der Waals surface area contributed by atoms with Crippen LogP contribution in [0.15, 0.2) is 23.2 Å². The van der Waals surface area contributed by atoms with E-state index < -0.39 is 11.6 Å². The maximum atomic E-state index is 12.7. The summed E-state index contributed by atoms with van der Waals surface area (Å²) in [7, 11) is 0. The van der Waals surface area contributed by atoms with Crippen molar-refractivity contribution in [3.8, 4) is 0 Å². The van der Waals surface area contributed by atoms with E-state index in [-0.39, 0.29) is 5.56 Å². The van der Waals surface area contributed by atoms with E-state index in [2.05, 4.69) is 15.9 Å². The lowest BCUT2D eigenvalue weighted by molar-refractivity contribution is 0.579. The number of hydrogen-bond donors (Lipinski definition) is 0. The van der Waals surface area contributed by atoms with E-state index in [9.17, 15) is 8.78 Å². The summed E-state index contributed by atoms with van der Waals surface area (Å²) < 4.78 is 25.5. The van der Waals surface area contributed by atoms with Crippen LogP contribution in [-0.2, 0) is 0 Å². The Balaban J connectivity index is 3.20. The van der Waals surface area contributed by atoms with E-state index in [1.807, 2.05) is 0 Å². The number of halogens is 3. The number of hydrogen-bond acceptors (Lipinski definition) is 0. The van der Waals surface area contributed by atoms with Crippen molar-refractivity contribution < 1.29 is 8.78 Å². The Morgan fingerprint density at radius 1 is 1.18 bits per heavy atom. The third-order valence-electron chi connectivity index (χ3n) is 1.23. The van der Waals surface area contributed by atoms with Crippen LogP contribution in [0.1, 0.15) is 5.56 Å². The van der Waals surface area contributed by atoms with Crippen LogP contribution >= 0.6 is 15.9 Å². The summed E-state index contributed by atoms with van der Waals surface area (Å²) in [5, 5.41) is 0. The summed E-state index contributed by atoms with van der Waals surface area (Å²) in [6, 6.07) is 3.76. The average molecular weight is 219 g/mol. The van der Waals surface area contributed by atoms with Crippen LogP contribution in [-0.4, -0.2) is 0 Å². The summed E-state index contributed by atoms with van der Waals surface area (Å²) in [5.41, 5.74) is -0.0237. The molecule has 11 heavy (non-hydrogen) atoms. The molecule has 0 bridgehead atoms. The molecule has 0 amide bonds. The van der Waals surface area contributed by atoms with Gasteiger partial charge < -0.3 is 0 Å². The molecule has 0 heterocycles. The molecule has 58 valence electrons. The third-order valence-corrected chi connectivity index (χ3v) is 1.49. The molecule has 3 heteroatoms. The number of benzene rings is 1. The summed E-state index contributed by atoms with van der Waals surface area (Å²) in [6.07, 6.45) is 1.32. The zero-order chi connectivity index (χ0) is 8.27. The lowest BCUT2D eigenvalue weighted by Crippen LogP contribution is -1.86. The summed E-state index contributed by atoms with van der Waals surface area (Å²) >= 11 is 2.94. The van der Waals surface area contributed by atoms with E-state index >= 15 is 0 Å².